The van der Waals surface area contributed by atoms with Crippen molar-refractivity contribution in [3.8, 4) is 5.75 Å². The van der Waals surface area contributed by atoms with Crippen LogP contribution in [0.1, 0.15) is 30.7 Å². The number of hydrogen-bond donors (Lipinski definition) is 1. The minimum atomic E-state index is -0.177. The molecular formula is C15H20FNO2. The molecule has 2 fully saturated rings. The maximum Gasteiger partial charge on any atom is 0.124 e. The van der Waals surface area contributed by atoms with Gasteiger partial charge in [0, 0.05) is 12.0 Å². The minimum Gasteiger partial charge on any atom is -0.488 e. The Kier molecular flexibility index (Phi) is 3.99. The van der Waals surface area contributed by atoms with Crippen LogP contribution in [0.25, 0.3) is 0 Å². The third-order valence-corrected chi connectivity index (χ3v) is 3.93. The molecule has 1 aromatic carbocycles. The van der Waals surface area contributed by atoms with Gasteiger partial charge >= 0.3 is 0 Å². The van der Waals surface area contributed by atoms with Crippen molar-refractivity contribution in [1.29, 1.82) is 0 Å². The minimum absolute atomic E-state index is 0.117. The molecule has 2 aliphatic rings. The first kappa shape index (κ1) is 12.9. The van der Waals surface area contributed by atoms with Crippen LogP contribution in [0, 0.1) is 5.82 Å². The fourth-order valence-electron chi connectivity index (χ4n) is 2.86. The summed E-state index contributed by atoms with van der Waals surface area (Å²) in [5, 5.41) is 3.34. The molecule has 1 unspecified atom stereocenters. The van der Waals surface area contributed by atoms with Gasteiger partial charge in [0.15, 0.2) is 0 Å². The maximum atomic E-state index is 13.5. The van der Waals surface area contributed by atoms with Gasteiger partial charge in [-0.05, 0) is 50.0 Å². The van der Waals surface area contributed by atoms with Crippen molar-refractivity contribution >= 4 is 0 Å². The van der Waals surface area contributed by atoms with Crippen molar-refractivity contribution in [2.45, 2.75) is 31.3 Å². The van der Waals surface area contributed by atoms with Crippen molar-refractivity contribution in [2.24, 2.45) is 0 Å². The Morgan fingerprint density at radius 1 is 1.21 bits per heavy atom. The van der Waals surface area contributed by atoms with Crippen LogP contribution in [0.15, 0.2) is 18.2 Å². The molecule has 104 valence electrons. The lowest BCUT2D eigenvalue weighted by atomic mass is 9.89. The first-order chi connectivity index (χ1) is 9.33. The highest BCUT2D eigenvalue weighted by atomic mass is 19.1. The van der Waals surface area contributed by atoms with Crippen LogP contribution in [-0.4, -0.2) is 32.4 Å². The second-order valence-electron chi connectivity index (χ2n) is 5.31. The van der Waals surface area contributed by atoms with E-state index >= 15 is 0 Å². The van der Waals surface area contributed by atoms with Gasteiger partial charge in [0.2, 0.25) is 0 Å². The van der Waals surface area contributed by atoms with Crippen LogP contribution in [0.4, 0.5) is 4.39 Å². The van der Waals surface area contributed by atoms with Crippen LogP contribution in [0.2, 0.25) is 0 Å². The summed E-state index contributed by atoms with van der Waals surface area (Å²) in [6, 6.07) is 4.89. The van der Waals surface area contributed by atoms with E-state index in [4.69, 9.17) is 9.47 Å². The third-order valence-electron chi connectivity index (χ3n) is 3.93. The molecule has 0 bridgehead atoms. The summed E-state index contributed by atoms with van der Waals surface area (Å²) in [6.07, 6.45) is 3.12. The van der Waals surface area contributed by atoms with Gasteiger partial charge < -0.3 is 14.8 Å². The van der Waals surface area contributed by atoms with Gasteiger partial charge in [0.25, 0.3) is 0 Å². The molecule has 19 heavy (non-hydrogen) atoms. The fourth-order valence-corrected chi connectivity index (χ4v) is 2.86. The topological polar surface area (TPSA) is 30.5 Å². The average Bonchev–Trinajstić information content (AvgIpc) is 2.95. The highest BCUT2D eigenvalue weighted by Crippen LogP contribution is 2.34. The van der Waals surface area contributed by atoms with E-state index in [0.29, 0.717) is 12.5 Å². The monoisotopic (exact) mass is 265 g/mol. The Balaban J connectivity index is 1.80. The number of ether oxygens (including phenoxy) is 2. The van der Waals surface area contributed by atoms with E-state index in [2.05, 4.69) is 5.32 Å². The van der Waals surface area contributed by atoms with E-state index in [1.54, 1.807) is 12.1 Å². The number of hydrogen-bond acceptors (Lipinski definition) is 3. The Bertz CT molecular complexity index is 426. The number of halogens is 1. The third kappa shape index (κ3) is 3.07. The highest BCUT2D eigenvalue weighted by Gasteiger charge is 2.23. The summed E-state index contributed by atoms with van der Waals surface area (Å²) in [5.74, 6) is 1.06. The Labute approximate surface area is 113 Å². The molecule has 1 N–H and O–H groups in total. The van der Waals surface area contributed by atoms with Gasteiger partial charge in [-0.2, -0.15) is 0 Å². The summed E-state index contributed by atoms with van der Waals surface area (Å²) in [4.78, 5) is 0. The van der Waals surface area contributed by atoms with Crippen molar-refractivity contribution in [3.05, 3.63) is 29.6 Å². The largest absolute Gasteiger partial charge is 0.488 e. The zero-order valence-electron chi connectivity index (χ0n) is 11.0. The first-order valence-electron chi connectivity index (χ1n) is 7.07. The summed E-state index contributed by atoms with van der Waals surface area (Å²) in [5.41, 5.74) is 1.02. The van der Waals surface area contributed by atoms with E-state index in [1.807, 2.05) is 0 Å². The highest BCUT2D eigenvalue weighted by molar-refractivity contribution is 5.37. The summed E-state index contributed by atoms with van der Waals surface area (Å²) < 4.78 is 24.9. The van der Waals surface area contributed by atoms with Crippen LogP contribution in [0.3, 0.4) is 0 Å². The molecule has 0 spiro atoms. The molecule has 2 saturated heterocycles. The maximum absolute atomic E-state index is 13.5. The molecule has 3 nitrogen and oxygen atoms in total. The average molecular weight is 265 g/mol. The van der Waals surface area contributed by atoms with Gasteiger partial charge in [-0.25, -0.2) is 4.39 Å². The molecular weight excluding hydrogens is 245 g/mol. The molecule has 0 aromatic heterocycles. The Morgan fingerprint density at radius 2 is 2.05 bits per heavy atom. The van der Waals surface area contributed by atoms with Gasteiger partial charge in [0.05, 0.1) is 13.2 Å². The van der Waals surface area contributed by atoms with Crippen LogP contribution >= 0.6 is 0 Å². The second kappa shape index (κ2) is 5.88. The summed E-state index contributed by atoms with van der Waals surface area (Å²) in [6.45, 7) is 3.39. The summed E-state index contributed by atoms with van der Waals surface area (Å²) in [7, 11) is 0. The lowest BCUT2D eigenvalue weighted by molar-refractivity contribution is 0.140. The molecule has 0 amide bonds. The van der Waals surface area contributed by atoms with E-state index in [-0.39, 0.29) is 11.9 Å². The van der Waals surface area contributed by atoms with Crippen LogP contribution < -0.4 is 10.1 Å². The number of nitrogens with one attached hydrogen (secondary N) is 1. The fraction of sp³-hybridized carbons (Fsp3) is 0.600. The van der Waals surface area contributed by atoms with Crippen molar-refractivity contribution in [3.63, 3.8) is 0 Å². The van der Waals surface area contributed by atoms with Gasteiger partial charge in [-0.1, -0.05) is 0 Å². The first-order valence-corrected chi connectivity index (χ1v) is 7.07. The zero-order chi connectivity index (χ0) is 13.1. The lowest BCUT2D eigenvalue weighted by Crippen LogP contribution is -2.27. The van der Waals surface area contributed by atoms with Gasteiger partial charge in [-0.15, -0.1) is 0 Å². The quantitative estimate of drug-likeness (QED) is 0.910. The van der Waals surface area contributed by atoms with E-state index in [1.165, 1.54) is 6.07 Å². The standard InChI is InChI=1S/C15H20FNO2/c16-12-1-2-15(19-13-5-8-18-10-13)14(9-12)11-3-6-17-7-4-11/h1-2,9,11,13,17H,3-8,10H2. The number of benzene rings is 1. The molecule has 0 saturated carbocycles. The normalized spacial score (nSPS) is 24.6. The van der Waals surface area contributed by atoms with Gasteiger partial charge in [-0.3, -0.25) is 0 Å². The Hall–Kier alpha value is -1.13. The lowest BCUT2D eigenvalue weighted by Gasteiger charge is -2.26. The molecule has 1 aromatic rings. The number of piperidine rings is 1. The second-order valence-corrected chi connectivity index (χ2v) is 5.31. The molecule has 0 aliphatic carbocycles. The molecule has 2 heterocycles. The van der Waals surface area contributed by atoms with Gasteiger partial charge in [0.1, 0.15) is 17.7 Å². The SMILES string of the molecule is Fc1ccc(OC2CCOC2)c(C2CCNCC2)c1. The van der Waals surface area contributed by atoms with E-state index in [9.17, 15) is 4.39 Å². The predicted octanol–water partition coefficient (Wildman–Crippen LogP) is 2.46. The van der Waals surface area contributed by atoms with Crippen molar-refractivity contribution < 1.29 is 13.9 Å². The molecule has 1 atom stereocenters. The van der Waals surface area contributed by atoms with Crippen LogP contribution in [0.5, 0.6) is 5.75 Å². The molecule has 0 radical (unpaired) electrons. The van der Waals surface area contributed by atoms with E-state index in [0.717, 1.165) is 50.3 Å². The number of rotatable bonds is 3. The predicted molar refractivity (Wildman–Crippen MR) is 71.1 cm³/mol. The van der Waals surface area contributed by atoms with E-state index < -0.39 is 0 Å². The summed E-state index contributed by atoms with van der Waals surface area (Å²) >= 11 is 0. The zero-order valence-corrected chi connectivity index (χ0v) is 11.0. The van der Waals surface area contributed by atoms with Crippen molar-refractivity contribution in [1.82, 2.24) is 5.32 Å². The smallest absolute Gasteiger partial charge is 0.124 e. The molecule has 4 heteroatoms. The van der Waals surface area contributed by atoms with Crippen molar-refractivity contribution in [2.75, 3.05) is 26.3 Å². The molecule has 2 aliphatic heterocycles. The van der Waals surface area contributed by atoms with Crippen LogP contribution in [-0.2, 0) is 4.74 Å². The Morgan fingerprint density at radius 3 is 2.79 bits per heavy atom. The molecule has 3 rings (SSSR count).